The van der Waals surface area contributed by atoms with Gasteiger partial charge in [0, 0.05) is 13.1 Å². The topological polar surface area (TPSA) is 137 Å². The summed E-state index contributed by atoms with van der Waals surface area (Å²) in [5.41, 5.74) is 0.405. The minimum Gasteiger partial charge on any atom is -0.477 e. The summed E-state index contributed by atoms with van der Waals surface area (Å²) in [7, 11) is -3.27. The minimum atomic E-state index is -3.27. The first-order chi connectivity index (χ1) is 9.69. The molecule has 0 unspecified atom stereocenters. The number of carbonyl (C=O) groups is 2. The largest absolute Gasteiger partial charge is 0.477 e. The zero-order chi connectivity index (χ0) is 16.0. The highest BCUT2D eigenvalue weighted by Crippen LogP contribution is 2.17. The van der Waals surface area contributed by atoms with Gasteiger partial charge in [-0.3, -0.25) is 0 Å². The lowest BCUT2D eigenvalue weighted by Crippen LogP contribution is -2.39. The van der Waals surface area contributed by atoms with Crippen LogP contribution in [0.1, 0.15) is 20.4 Å². The summed E-state index contributed by atoms with van der Waals surface area (Å²) in [6.07, 6.45) is 1.03. The van der Waals surface area contributed by atoms with Gasteiger partial charge in [-0.1, -0.05) is 0 Å². The summed E-state index contributed by atoms with van der Waals surface area (Å²) in [5, 5.41) is 14.3. The Balaban J connectivity index is 2.33. The Kier molecular flexibility index (Phi) is 6.05. The van der Waals surface area contributed by atoms with Gasteiger partial charge in [-0.25, -0.2) is 27.7 Å². The number of aromatic carboxylic acids is 1. The molecule has 0 aliphatic rings. The Morgan fingerprint density at radius 3 is 2.48 bits per heavy atom. The first-order valence-corrected chi connectivity index (χ1v) is 8.56. The van der Waals surface area contributed by atoms with E-state index in [1.807, 2.05) is 0 Å². The normalized spacial score (nSPS) is 11.1. The molecule has 1 rings (SSSR count). The number of amides is 2. The average molecular weight is 336 g/mol. The van der Waals surface area contributed by atoms with E-state index in [9.17, 15) is 18.0 Å². The number of nitrogens with one attached hydrogen (secondary N) is 3. The fraction of sp³-hybridized carbons (Fsp3) is 0.500. The molecular formula is C10H16N4O5S2. The molecule has 0 saturated heterocycles. The molecule has 0 aliphatic heterocycles. The molecule has 1 aromatic heterocycles. The van der Waals surface area contributed by atoms with Gasteiger partial charge in [-0.2, -0.15) is 0 Å². The molecule has 0 radical (unpaired) electrons. The first kappa shape index (κ1) is 17.3. The molecule has 4 N–H and O–H groups in total. The van der Waals surface area contributed by atoms with Crippen molar-refractivity contribution in [3.05, 3.63) is 15.6 Å². The summed E-state index contributed by atoms with van der Waals surface area (Å²) in [6, 6.07) is -0.491. The molecule has 21 heavy (non-hydrogen) atoms. The minimum absolute atomic E-state index is 0.0891. The molecular weight excluding hydrogens is 320 g/mol. The van der Waals surface area contributed by atoms with Gasteiger partial charge in [0.05, 0.1) is 18.5 Å². The van der Waals surface area contributed by atoms with Gasteiger partial charge >= 0.3 is 12.0 Å². The van der Waals surface area contributed by atoms with E-state index in [4.69, 9.17) is 5.11 Å². The van der Waals surface area contributed by atoms with Crippen LogP contribution in [-0.4, -0.2) is 49.9 Å². The van der Waals surface area contributed by atoms with Gasteiger partial charge in [-0.15, -0.1) is 11.3 Å². The second-order valence-electron chi connectivity index (χ2n) is 4.10. The Morgan fingerprint density at radius 2 is 1.95 bits per heavy atom. The van der Waals surface area contributed by atoms with Crippen LogP contribution in [0.25, 0.3) is 0 Å². The van der Waals surface area contributed by atoms with Crippen molar-refractivity contribution in [1.29, 1.82) is 0 Å². The second-order valence-corrected chi connectivity index (χ2v) is 7.02. The third-order valence-corrected chi connectivity index (χ3v) is 4.08. The number of carbonyl (C=O) groups excluding carboxylic acids is 1. The average Bonchev–Trinajstić information content (AvgIpc) is 2.72. The van der Waals surface area contributed by atoms with E-state index in [-0.39, 0.29) is 24.5 Å². The number of nitrogens with zero attached hydrogens (tertiary/aromatic N) is 1. The van der Waals surface area contributed by atoms with Crippen LogP contribution >= 0.6 is 11.3 Å². The van der Waals surface area contributed by atoms with Crippen LogP contribution in [0.2, 0.25) is 0 Å². The maximum Gasteiger partial charge on any atom is 0.347 e. The molecule has 9 nitrogen and oxygen atoms in total. The monoisotopic (exact) mass is 336 g/mol. The van der Waals surface area contributed by atoms with Crippen molar-refractivity contribution in [2.24, 2.45) is 0 Å². The highest BCUT2D eigenvalue weighted by Gasteiger charge is 2.14. The standard InChI is InChI=1S/C10H16N4O5S2/c1-6-8(9(15)16)20-7(14-6)5-12-10(17)11-3-4-13-21(2,18)19/h13H,3-5H2,1-2H3,(H,15,16)(H2,11,12,17). The number of carboxylic acid groups (broad SMARTS) is 1. The molecule has 2 amide bonds. The fourth-order valence-electron chi connectivity index (χ4n) is 1.36. The van der Waals surface area contributed by atoms with E-state index in [0.29, 0.717) is 10.7 Å². The first-order valence-electron chi connectivity index (χ1n) is 5.85. The summed E-state index contributed by atoms with van der Waals surface area (Å²) >= 11 is 0.996. The van der Waals surface area contributed by atoms with Gasteiger partial charge in [0.2, 0.25) is 10.0 Å². The Bertz CT molecular complexity index is 625. The summed E-state index contributed by atoms with van der Waals surface area (Å²) in [5.74, 6) is -1.05. The number of sulfonamides is 1. The van der Waals surface area contributed by atoms with Gasteiger partial charge in [0.1, 0.15) is 9.88 Å². The van der Waals surface area contributed by atoms with Crippen molar-refractivity contribution in [3.8, 4) is 0 Å². The Hall–Kier alpha value is -1.72. The smallest absolute Gasteiger partial charge is 0.347 e. The molecule has 0 aromatic carbocycles. The molecule has 1 heterocycles. The summed E-state index contributed by atoms with van der Waals surface area (Å²) < 4.78 is 23.8. The van der Waals surface area contributed by atoms with Crippen LogP contribution in [-0.2, 0) is 16.6 Å². The molecule has 0 saturated carbocycles. The Morgan fingerprint density at radius 1 is 1.29 bits per heavy atom. The van der Waals surface area contributed by atoms with Crippen LogP contribution in [0.5, 0.6) is 0 Å². The van der Waals surface area contributed by atoms with Crippen molar-refractivity contribution in [3.63, 3.8) is 0 Å². The van der Waals surface area contributed by atoms with Gasteiger partial charge in [0.15, 0.2) is 0 Å². The third kappa shape index (κ3) is 6.51. The summed E-state index contributed by atoms with van der Waals surface area (Å²) in [4.78, 5) is 26.5. The second kappa shape index (κ2) is 7.33. The molecule has 0 aliphatic carbocycles. The molecule has 0 bridgehead atoms. The van der Waals surface area contributed by atoms with E-state index in [2.05, 4.69) is 20.3 Å². The van der Waals surface area contributed by atoms with Gasteiger partial charge < -0.3 is 15.7 Å². The van der Waals surface area contributed by atoms with Gasteiger partial charge in [-0.05, 0) is 6.92 Å². The quantitative estimate of drug-likeness (QED) is 0.495. The lowest BCUT2D eigenvalue weighted by molar-refractivity contribution is 0.0701. The van der Waals surface area contributed by atoms with Crippen molar-refractivity contribution in [1.82, 2.24) is 20.3 Å². The van der Waals surface area contributed by atoms with Crippen LogP contribution < -0.4 is 15.4 Å². The number of thiazole rings is 1. The fourth-order valence-corrected chi connectivity index (χ4v) is 2.67. The molecule has 118 valence electrons. The van der Waals surface area contributed by atoms with Crippen molar-refractivity contribution >= 4 is 33.4 Å². The Labute approximate surface area is 125 Å². The number of carboxylic acids is 1. The van der Waals surface area contributed by atoms with Crippen LogP contribution in [0, 0.1) is 6.92 Å². The molecule has 0 fully saturated rings. The predicted molar refractivity (Wildman–Crippen MR) is 76.9 cm³/mol. The predicted octanol–water partition coefficient (Wildman–Crippen LogP) is -0.502. The van der Waals surface area contributed by atoms with Crippen molar-refractivity contribution < 1.29 is 23.1 Å². The number of hydrogen-bond acceptors (Lipinski definition) is 6. The molecule has 0 atom stereocenters. The zero-order valence-electron chi connectivity index (χ0n) is 11.5. The number of hydrogen-bond donors (Lipinski definition) is 4. The van der Waals surface area contributed by atoms with Crippen molar-refractivity contribution in [2.75, 3.05) is 19.3 Å². The zero-order valence-corrected chi connectivity index (χ0v) is 13.1. The number of urea groups is 1. The van der Waals surface area contributed by atoms with Crippen LogP contribution in [0.15, 0.2) is 0 Å². The third-order valence-electron chi connectivity index (χ3n) is 2.21. The van der Waals surface area contributed by atoms with E-state index in [0.717, 1.165) is 17.6 Å². The van der Waals surface area contributed by atoms with Crippen molar-refractivity contribution in [2.45, 2.75) is 13.5 Å². The maximum atomic E-state index is 11.4. The highest BCUT2D eigenvalue weighted by atomic mass is 32.2. The number of rotatable bonds is 7. The lowest BCUT2D eigenvalue weighted by Gasteiger charge is -2.06. The lowest BCUT2D eigenvalue weighted by atomic mass is 10.4. The van der Waals surface area contributed by atoms with E-state index < -0.39 is 22.0 Å². The van der Waals surface area contributed by atoms with Gasteiger partial charge in [0.25, 0.3) is 0 Å². The number of aromatic nitrogens is 1. The van der Waals surface area contributed by atoms with E-state index >= 15 is 0 Å². The highest BCUT2D eigenvalue weighted by molar-refractivity contribution is 7.88. The van der Waals surface area contributed by atoms with E-state index in [1.165, 1.54) is 0 Å². The van der Waals surface area contributed by atoms with E-state index in [1.54, 1.807) is 6.92 Å². The SMILES string of the molecule is Cc1nc(CNC(=O)NCCNS(C)(=O)=O)sc1C(=O)O. The van der Waals surface area contributed by atoms with Crippen LogP contribution in [0.4, 0.5) is 4.79 Å². The van der Waals surface area contributed by atoms with Crippen LogP contribution in [0.3, 0.4) is 0 Å². The molecule has 11 heteroatoms. The molecule has 1 aromatic rings. The summed E-state index contributed by atoms with van der Waals surface area (Å²) in [6.45, 7) is 1.91. The number of aryl methyl sites for hydroxylation is 1. The maximum absolute atomic E-state index is 11.4. The molecule has 0 spiro atoms.